The smallest absolute Gasteiger partial charge is 0.124 e. The Labute approximate surface area is 129 Å². The van der Waals surface area contributed by atoms with Crippen molar-refractivity contribution in [3.63, 3.8) is 0 Å². The van der Waals surface area contributed by atoms with Gasteiger partial charge in [0.05, 0.1) is 5.69 Å². The number of nitrogens with zero attached hydrogens (tertiary/aromatic N) is 1. The Morgan fingerprint density at radius 3 is 2.62 bits per heavy atom. The van der Waals surface area contributed by atoms with Gasteiger partial charge in [-0.2, -0.15) is 0 Å². The molecule has 0 aliphatic heterocycles. The van der Waals surface area contributed by atoms with E-state index in [4.69, 9.17) is 10.7 Å². The fourth-order valence-corrected chi connectivity index (χ4v) is 3.62. The molecule has 0 atom stereocenters. The Morgan fingerprint density at radius 1 is 1.10 bits per heavy atom. The van der Waals surface area contributed by atoms with Crippen LogP contribution in [0, 0.1) is 5.92 Å². The maximum Gasteiger partial charge on any atom is 0.124 e. The molecule has 1 heterocycles. The first-order chi connectivity index (χ1) is 10.2. The Balaban J connectivity index is 2.12. The van der Waals surface area contributed by atoms with E-state index in [0.29, 0.717) is 12.5 Å². The number of aromatic nitrogens is 1. The van der Waals surface area contributed by atoms with Gasteiger partial charge in [-0.25, -0.2) is 4.98 Å². The Kier molecular flexibility index (Phi) is 4.04. The average Bonchev–Trinajstić information content (AvgIpc) is 2.88. The van der Waals surface area contributed by atoms with E-state index in [1.54, 1.807) is 11.3 Å². The molecular formula is C18H20N2S. The number of thiazole rings is 1. The van der Waals surface area contributed by atoms with Gasteiger partial charge in [-0.15, -0.1) is 11.3 Å². The van der Waals surface area contributed by atoms with Gasteiger partial charge < -0.3 is 5.73 Å². The van der Waals surface area contributed by atoms with Gasteiger partial charge in [0.25, 0.3) is 0 Å². The van der Waals surface area contributed by atoms with Crippen LogP contribution in [0.1, 0.15) is 24.4 Å². The molecule has 0 aliphatic carbocycles. The first-order valence-electron chi connectivity index (χ1n) is 7.36. The minimum absolute atomic E-state index is 0.574. The molecule has 2 nitrogen and oxygen atoms in total. The summed E-state index contributed by atoms with van der Waals surface area (Å²) >= 11 is 1.73. The third-order valence-corrected chi connectivity index (χ3v) is 4.74. The molecule has 0 radical (unpaired) electrons. The van der Waals surface area contributed by atoms with Gasteiger partial charge in [0.1, 0.15) is 5.01 Å². The minimum Gasteiger partial charge on any atom is -0.326 e. The minimum atomic E-state index is 0.574. The van der Waals surface area contributed by atoms with Gasteiger partial charge in [-0.1, -0.05) is 56.3 Å². The standard InChI is InChI=1S/C18H20N2S/c1-12(2)10-16-17(11-19)21-18(20-16)15-9-5-7-13-6-3-4-8-14(13)15/h3-9,12H,10-11,19H2,1-2H3. The molecule has 0 saturated carbocycles. The van der Waals surface area contributed by atoms with E-state index in [1.165, 1.54) is 26.9 Å². The maximum atomic E-state index is 5.90. The predicted molar refractivity (Wildman–Crippen MR) is 91.5 cm³/mol. The molecule has 3 aromatic rings. The maximum absolute atomic E-state index is 5.90. The Hall–Kier alpha value is -1.71. The van der Waals surface area contributed by atoms with Crippen LogP contribution in [-0.4, -0.2) is 4.98 Å². The zero-order chi connectivity index (χ0) is 14.8. The van der Waals surface area contributed by atoms with Crippen LogP contribution in [0.5, 0.6) is 0 Å². The lowest BCUT2D eigenvalue weighted by Gasteiger charge is -2.03. The molecule has 2 N–H and O–H groups in total. The van der Waals surface area contributed by atoms with Crippen LogP contribution in [0.2, 0.25) is 0 Å². The summed E-state index contributed by atoms with van der Waals surface area (Å²) in [6, 6.07) is 14.9. The summed E-state index contributed by atoms with van der Waals surface area (Å²) in [5.74, 6) is 0.595. The Morgan fingerprint density at radius 2 is 1.86 bits per heavy atom. The topological polar surface area (TPSA) is 38.9 Å². The van der Waals surface area contributed by atoms with E-state index < -0.39 is 0 Å². The van der Waals surface area contributed by atoms with E-state index in [9.17, 15) is 0 Å². The molecule has 0 spiro atoms. The summed E-state index contributed by atoms with van der Waals surface area (Å²) in [6.45, 7) is 5.01. The average molecular weight is 296 g/mol. The fourth-order valence-electron chi connectivity index (χ4n) is 2.62. The number of rotatable bonds is 4. The molecule has 21 heavy (non-hydrogen) atoms. The van der Waals surface area contributed by atoms with Crippen LogP contribution in [0.4, 0.5) is 0 Å². The molecule has 0 bridgehead atoms. The lowest BCUT2D eigenvalue weighted by Crippen LogP contribution is -2.01. The second kappa shape index (κ2) is 5.96. The van der Waals surface area contributed by atoms with Gasteiger partial charge in [0, 0.05) is 17.0 Å². The van der Waals surface area contributed by atoms with E-state index in [2.05, 4.69) is 56.3 Å². The van der Waals surface area contributed by atoms with Crippen LogP contribution in [0.15, 0.2) is 42.5 Å². The third-order valence-electron chi connectivity index (χ3n) is 3.59. The van der Waals surface area contributed by atoms with Crippen LogP contribution in [0.3, 0.4) is 0 Å². The number of benzene rings is 2. The summed E-state index contributed by atoms with van der Waals surface area (Å²) in [5.41, 5.74) is 8.28. The van der Waals surface area contributed by atoms with Crippen molar-refractivity contribution in [3.8, 4) is 10.6 Å². The SMILES string of the molecule is CC(C)Cc1nc(-c2cccc3ccccc23)sc1CN. The molecule has 3 heteroatoms. The molecule has 108 valence electrons. The molecule has 0 fully saturated rings. The highest BCUT2D eigenvalue weighted by Gasteiger charge is 2.14. The lowest BCUT2D eigenvalue weighted by molar-refractivity contribution is 0.634. The summed E-state index contributed by atoms with van der Waals surface area (Å²) in [7, 11) is 0. The number of fused-ring (bicyclic) bond motifs is 1. The molecule has 1 aromatic heterocycles. The van der Waals surface area contributed by atoms with Gasteiger partial charge in [-0.05, 0) is 23.1 Å². The van der Waals surface area contributed by atoms with Crippen molar-refractivity contribution in [3.05, 3.63) is 53.0 Å². The molecule has 3 rings (SSSR count). The third kappa shape index (κ3) is 2.85. The number of hydrogen-bond donors (Lipinski definition) is 1. The summed E-state index contributed by atoms with van der Waals surface area (Å²) < 4.78 is 0. The molecule has 0 amide bonds. The van der Waals surface area contributed by atoms with Crippen molar-refractivity contribution in [2.24, 2.45) is 11.7 Å². The quantitative estimate of drug-likeness (QED) is 0.763. The van der Waals surface area contributed by atoms with E-state index in [-0.39, 0.29) is 0 Å². The van der Waals surface area contributed by atoms with Crippen molar-refractivity contribution >= 4 is 22.1 Å². The van der Waals surface area contributed by atoms with Crippen LogP contribution in [0.25, 0.3) is 21.3 Å². The summed E-state index contributed by atoms with van der Waals surface area (Å²) in [6.07, 6.45) is 0.994. The second-order valence-corrected chi connectivity index (χ2v) is 6.80. The molecule has 0 unspecified atom stereocenters. The van der Waals surface area contributed by atoms with Crippen LogP contribution < -0.4 is 5.73 Å². The highest BCUT2D eigenvalue weighted by atomic mass is 32.1. The van der Waals surface area contributed by atoms with Crippen molar-refractivity contribution in [2.75, 3.05) is 0 Å². The van der Waals surface area contributed by atoms with Crippen LogP contribution in [-0.2, 0) is 13.0 Å². The van der Waals surface area contributed by atoms with Gasteiger partial charge >= 0.3 is 0 Å². The van der Waals surface area contributed by atoms with Crippen molar-refractivity contribution in [1.29, 1.82) is 0 Å². The Bertz CT molecular complexity index is 754. The van der Waals surface area contributed by atoms with Crippen LogP contribution >= 0.6 is 11.3 Å². The van der Waals surface area contributed by atoms with E-state index in [0.717, 1.165) is 11.4 Å². The molecule has 2 aromatic carbocycles. The van der Waals surface area contributed by atoms with E-state index in [1.807, 2.05) is 0 Å². The van der Waals surface area contributed by atoms with Gasteiger partial charge in [0.15, 0.2) is 0 Å². The fraction of sp³-hybridized carbons (Fsp3) is 0.278. The summed E-state index contributed by atoms with van der Waals surface area (Å²) in [5, 5.41) is 3.60. The normalized spacial score (nSPS) is 11.4. The number of nitrogens with two attached hydrogens (primary N) is 1. The zero-order valence-electron chi connectivity index (χ0n) is 12.5. The zero-order valence-corrected chi connectivity index (χ0v) is 13.3. The first kappa shape index (κ1) is 14.2. The molecule has 0 saturated heterocycles. The highest BCUT2D eigenvalue weighted by Crippen LogP contribution is 2.33. The van der Waals surface area contributed by atoms with Crippen molar-refractivity contribution in [1.82, 2.24) is 4.98 Å². The first-order valence-corrected chi connectivity index (χ1v) is 8.17. The largest absolute Gasteiger partial charge is 0.326 e. The predicted octanol–water partition coefficient (Wildman–Crippen LogP) is 4.62. The number of hydrogen-bond acceptors (Lipinski definition) is 3. The second-order valence-electron chi connectivity index (χ2n) is 5.72. The van der Waals surface area contributed by atoms with Crippen molar-refractivity contribution < 1.29 is 0 Å². The molecule has 0 aliphatic rings. The van der Waals surface area contributed by atoms with Crippen molar-refractivity contribution in [2.45, 2.75) is 26.8 Å². The molecular weight excluding hydrogens is 276 g/mol. The van der Waals surface area contributed by atoms with Gasteiger partial charge in [0.2, 0.25) is 0 Å². The van der Waals surface area contributed by atoms with E-state index >= 15 is 0 Å². The highest BCUT2D eigenvalue weighted by molar-refractivity contribution is 7.15. The summed E-state index contributed by atoms with van der Waals surface area (Å²) in [4.78, 5) is 6.09. The monoisotopic (exact) mass is 296 g/mol. The van der Waals surface area contributed by atoms with Gasteiger partial charge in [-0.3, -0.25) is 0 Å². The lowest BCUT2D eigenvalue weighted by atomic mass is 10.0.